The highest BCUT2D eigenvalue weighted by Gasteiger charge is 2.19. The summed E-state index contributed by atoms with van der Waals surface area (Å²) in [6.07, 6.45) is 1.24. The molecule has 1 rings (SSSR count). The van der Waals surface area contributed by atoms with Crippen molar-refractivity contribution >= 4 is 17.9 Å². The van der Waals surface area contributed by atoms with Crippen molar-refractivity contribution in [3.8, 4) is 11.5 Å². The number of carbonyl (C=O) groups excluding carboxylic acids is 1. The number of hydrogen-bond donors (Lipinski definition) is 1. The van der Waals surface area contributed by atoms with Crippen LogP contribution in [0.4, 0.5) is 0 Å². The van der Waals surface area contributed by atoms with Crippen molar-refractivity contribution in [2.75, 3.05) is 14.2 Å². The zero-order valence-corrected chi connectivity index (χ0v) is 10.9. The van der Waals surface area contributed by atoms with Gasteiger partial charge in [0.25, 0.3) is 0 Å². The summed E-state index contributed by atoms with van der Waals surface area (Å²) in [6, 6.07) is 1.50. The van der Waals surface area contributed by atoms with Crippen LogP contribution in [0.2, 0.25) is 5.02 Å². The van der Waals surface area contributed by atoms with Crippen LogP contribution in [0.15, 0.2) is 6.07 Å². The number of halogens is 1. The molecule has 0 aliphatic heterocycles. The molecule has 0 aliphatic carbocycles. The van der Waals surface area contributed by atoms with E-state index in [1.54, 1.807) is 6.07 Å². The van der Waals surface area contributed by atoms with E-state index in [1.165, 1.54) is 14.2 Å². The van der Waals surface area contributed by atoms with E-state index in [0.717, 1.165) is 5.56 Å². The molecule has 0 heterocycles. The molecule has 0 aromatic heterocycles. The van der Waals surface area contributed by atoms with Gasteiger partial charge in [-0.3, -0.25) is 4.79 Å². The summed E-state index contributed by atoms with van der Waals surface area (Å²) in [5.41, 5.74) is 6.87. The van der Waals surface area contributed by atoms with Crippen molar-refractivity contribution in [1.29, 1.82) is 0 Å². The van der Waals surface area contributed by atoms with Gasteiger partial charge >= 0.3 is 0 Å². The Hall–Kier alpha value is -1.26. The average molecular weight is 258 g/mol. The highest BCUT2D eigenvalue weighted by atomic mass is 35.5. The highest BCUT2D eigenvalue weighted by molar-refractivity contribution is 6.32. The minimum atomic E-state index is -0.0619. The van der Waals surface area contributed by atoms with Gasteiger partial charge in [-0.1, -0.05) is 11.6 Å². The van der Waals surface area contributed by atoms with Gasteiger partial charge in [0.1, 0.15) is 0 Å². The molecular formula is C12H16ClNO3. The number of carbonyl (C=O) groups is 1. The Morgan fingerprint density at radius 3 is 2.41 bits per heavy atom. The van der Waals surface area contributed by atoms with Crippen molar-refractivity contribution < 1.29 is 14.3 Å². The van der Waals surface area contributed by atoms with E-state index in [-0.39, 0.29) is 6.04 Å². The quantitative estimate of drug-likeness (QED) is 0.821. The molecule has 5 heteroatoms. The van der Waals surface area contributed by atoms with Gasteiger partial charge in [-0.25, -0.2) is 0 Å². The lowest BCUT2D eigenvalue weighted by molar-refractivity contribution is 0.112. The number of rotatable bonds is 5. The van der Waals surface area contributed by atoms with Crippen LogP contribution in [0.25, 0.3) is 0 Å². The van der Waals surface area contributed by atoms with Crippen LogP contribution in [-0.4, -0.2) is 26.5 Å². The van der Waals surface area contributed by atoms with E-state index >= 15 is 0 Å². The van der Waals surface area contributed by atoms with Gasteiger partial charge in [0.15, 0.2) is 17.8 Å². The minimum absolute atomic E-state index is 0.0619. The SMILES string of the molecule is COc1c(C=O)cc(Cl)c(CC(C)N)c1OC. The minimum Gasteiger partial charge on any atom is -0.492 e. The molecule has 0 amide bonds. The number of nitrogens with two attached hydrogens (primary N) is 1. The van der Waals surface area contributed by atoms with Gasteiger partial charge in [0.05, 0.1) is 19.8 Å². The zero-order valence-electron chi connectivity index (χ0n) is 10.1. The molecule has 0 fully saturated rings. The lowest BCUT2D eigenvalue weighted by atomic mass is 10.0. The van der Waals surface area contributed by atoms with Crippen LogP contribution >= 0.6 is 11.6 Å². The molecule has 0 spiro atoms. The first kappa shape index (κ1) is 13.8. The van der Waals surface area contributed by atoms with Crippen molar-refractivity contribution in [3.05, 3.63) is 22.2 Å². The van der Waals surface area contributed by atoms with E-state index in [4.69, 9.17) is 26.8 Å². The average Bonchev–Trinajstić information content (AvgIpc) is 2.30. The zero-order chi connectivity index (χ0) is 13.0. The van der Waals surface area contributed by atoms with Crippen LogP contribution in [0.5, 0.6) is 11.5 Å². The molecule has 4 nitrogen and oxygen atoms in total. The van der Waals surface area contributed by atoms with Gasteiger partial charge in [-0.15, -0.1) is 0 Å². The van der Waals surface area contributed by atoms with Crippen molar-refractivity contribution in [1.82, 2.24) is 0 Å². The maximum absolute atomic E-state index is 10.9. The Morgan fingerprint density at radius 1 is 1.41 bits per heavy atom. The number of methoxy groups -OCH3 is 2. The van der Waals surface area contributed by atoms with Gasteiger partial charge in [0.2, 0.25) is 0 Å². The molecular weight excluding hydrogens is 242 g/mol. The summed E-state index contributed by atoms with van der Waals surface area (Å²) >= 11 is 6.12. The fourth-order valence-electron chi connectivity index (χ4n) is 1.69. The van der Waals surface area contributed by atoms with Crippen molar-refractivity contribution in [2.45, 2.75) is 19.4 Å². The van der Waals surface area contributed by atoms with Gasteiger partial charge in [0, 0.05) is 16.6 Å². The van der Waals surface area contributed by atoms with Crippen LogP contribution in [-0.2, 0) is 6.42 Å². The summed E-state index contributed by atoms with van der Waals surface area (Å²) in [5, 5.41) is 0.460. The Kier molecular flexibility index (Phi) is 4.78. The second-order valence-corrected chi connectivity index (χ2v) is 4.20. The Bertz CT molecular complexity index is 419. The monoisotopic (exact) mass is 257 g/mol. The topological polar surface area (TPSA) is 61.5 Å². The first-order valence-electron chi connectivity index (χ1n) is 5.19. The number of aldehydes is 1. The predicted molar refractivity (Wildman–Crippen MR) is 67.3 cm³/mol. The fourth-order valence-corrected chi connectivity index (χ4v) is 1.97. The molecule has 17 heavy (non-hydrogen) atoms. The summed E-state index contributed by atoms with van der Waals surface area (Å²) < 4.78 is 10.4. The largest absolute Gasteiger partial charge is 0.492 e. The Labute approximate surface area is 106 Å². The second-order valence-electron chi connectivity index (χ2n) is 3.79. The summed E-state index contributed by atoms with van der Waals surface area (Å²) in [4.78, 5) is 10.9. The van der Waals surface area contributed by atoms with E-state index in [2.05, 4.69) is 0 Å². The van der Waals surface area contributed by atoms with E-state index in [0.29, 0.717) is 34.8 Å². The standard InChI is InChI=1S/C12H16ClNO3/c1-7(14)4-9-10(13)5-8(6-15)11(16-2)12(9)17-3/h5-7H,4,14H2,1-3H3. The van der Waals surface area contributed by atoms with Gasteiger partial charge in [-0.05, 0) is 19.4 Å². The van der Waals surface area contributed by atoms with E-state index in [1.807, 2.05) is 6.92 Å². The van der Waals surface area contributed by atoms with E-state index < -0.39 is 0 Å². The lowest BCUT2D eigenvalue weighted by Gasteiger charge is -2.17. The highest BCUT2D eigenvalue weighted by Crippen LogP contribution is 2.39. The first-order valence-corrected chi connectivity index (χ1v) is 5.57. The van der Waals surface area contributed by atoms with Crippen molar-refractivity contribution in [3.63, 3.8) is 0 Å². The maximum atomic E-state index is 10.9. The third-order valence-electron chi connectivity index (χ3n) is 2.37. The third kappa shape index (κ3) is 2.90. The van der Waals surface area contributed by atoms with Crippen LogP contribution < -0.4 is 15.2 Å². The van der Waals surface area contributed by atoms with Crippen LogP contribution in [0.3, 0.4) is 0 Å². The number of hydrogen-bond acceptors (Lipinski definition) is 4. The lowest BCUT2D eigenvalue weighted by Crippen LogP contribution is -2.18. The molecule has 0 bridgehead atoms. The van der Waals surface area contributed by atoms with Gasteiger partial charge in [-0.2, -0.15) is 0 Å². The fraction of sp³-hybridized carbons (Fsp3) is 0.417. The molecule has 0 saturated carbocycles. The molecule has 1 aromatic rings. The molecule has 0 aliphatic rings. The third-order valence-corrected chi connectivity index (χ3v) is 2.71. The molecule has 0 saturated heterocycles. The van der Waals surface area contributed by atoms with Crippen LogP contribution in [0.1, 0.15) is 22.8 Å². The number of ether oxygens (including phenoxy) is 2. The van der Waals surface area contributed by atoms with Crippen LogP contribution in [0, 0.1) is 0 Å². The van der Waals surface area contributed by atoms with Crippen molar-refractivity contribution in [2.24, 2.45) is 5.73 Å². The molecule has 1 aromatic carbocycles. The molecule has 0 radical (unpaired) electrons. The maximum Gasteiger partial charge on any atom is 0.171 e. The van der Waals surface area contributed by atoms with E-state index in [9.17, 15) is 4.79 Å². The molecule has 1 unspecified atom stereocenters. The molecule has 1 atom stereocenters. The predicted octanol–water partition coefficient (Wildman–Crippen LogP) is 2.06. The Balaban J connectivity index is 3.43. The number of benzene rings is 1. The first-order chi connectivity index (χ1) is 8.04. The normalized spacial score (nSPS) is 12.1. The smallest absolute Gasteiger partial charge is 0.171 e. The second kappa shape index (κ2) is 5.89. The molecule has 94 valence electrons. The summed E-state index contributed by atoms with van der Waals surface area (Å²) in [5.74, 6) is 0.863. The summed E-state index contributed by atoms with van der Waals surface area (Å²) in [6.45, 7) is 1.87. The Morgan fingerprint density at radius 2 is 2.00 bits per heavy atom. The molecule has 2 N–H and O–H groups in total. The summed E-state index contributed by atoms with van der Waals surface area (Å²) in [7, 11) is 2.99. The van der Waals surface area contributed by atoms with Gasteiger partial charge < -0.3 is 15.2 Å².